The Bertz CT molecular complexity index is 1110. The van der Waals surface area contributed by atoms with E-state index in [0.717, 1.165) is 5.69 Å². The number of sulfonamides is 1. The minimum absolute atomic E-state index is 0.0126. The summed E-state index contributed by atoms with van der Waals surface area (Å²) in [6.07, 6.45) is 1.28. The highest BCUT2D eigenvalue weighted by Crippen LogP contribution is 2.31. The zero-order valence-electron chi connectivity index (χ0n) is 18.4. The normalized spacial score (nSPS) is 20.0. The lowest BCUT2D eigenvalue weighted by molar-refractivity contribution is -0.137. The lowest BCUT2D eigenvalue weighted by Gasteiger charge is -2.39. The minimum atomic E-state index is -3.77. The molecule has 0 unspecified atom stereocenters. The summed E-state index contributed by atoms with van der Waals surface area (Å²) in [5.74, 6) is -0.260. The molecular formula is C23H27ClFN3O4S. The fourth-order valence-electron chi connectivity index (χ4n) is 4.41. The SMILES string of the molecule is COc1ccc(S(=O)(=O)N2CCC[C@@H](C(=O)N3CCN(c4ccc(F)cc4)CC3)C2)cc1Cl. The molecule has 0 aromatic heterocycles. The van der Waals surface area contributed by atoms with Gasteiger partial charge in [0.05, 0.1) is 22.9 Å². The molecule has 2 heterocycles. The van der Waals surface area contributed by atoms with Gasteiger partial charge in [-0.1, -0.05) is 11.6 Å². The van der Waals surface area contributed by atoms with Crippen LogP contribution in [0.2, 0.25) is 5.02 Å². The molecule has 1 atom stereocenters. The van der Waals surface area contributed by atoms with Crippen molar-refractivity contribution in [2.75, 3.05) is 51.3 Å². The van der Waals surface area contributed by atoms with Crippen LogP contribution in [0.4, 0.5) is 10.1 Å². The number of piperidine rings is 1. The standard InChI is InChI=1S/C23H27ClFN3O4S/c1-32-22-9-8-20(15-21(22)24)33(30,31)28-10-2-3-17(16-28)23(29)27-13-11-26(12-14-27)19-6-4-18(25)5-7-19/h4-9,15,17H,2-3,10-14,16H2,1H3/t17-/m1/s1. The summed E-state index contributed by atoms with van der Waals surface area (Å²) in [7, 11) is -2.30. The van der Waals surface area contributed by atoms with Gasteiger partial charge in [-0.3, -0.25) is 4.79 Å². The van der Waals surface area contributed by atoms with Gasteiger partial charge in [-0.15, -0.1) is 0 Å². The number of benzene rings is 2. The van der Waals surface area contributed by atoms with E-state index in [1.165, 1.54) is 41.7 Å². The molecule has 33 heavy (non-hydrogen) atoms. The van der Waals surface area contributed by atoms with Gasteiger partial charge in [-0.25, -0.2) is 12.8 Å². The molecule has 2 aliphatic rings. The maximum Gasteiger partial charge on any atom is 0.243 e. The number of hydrogen-bond acceptors (Lipinski definition) is 5. The molecule has 0 radical (unpaired) electrons. The van der Waals surface area contributed by atoms with Crippen LogP contribution >= 0.6 is 11.6 Å². The smallest absolute Gasteiger partial charge is 0.243 e. The van der Waals surface area contributed by atoms with E-state index < -0.39 is 10.0 Å². The average Bonchev–Trinajstić information content (AvgIpc) is 2.84. The first kappa shape index (κ1) is 23.8. The van der Waals surface area contributed by atoms with Crippen LogP contribution < -0.4 is 9.64 Å². The fraction of sp³-hybridized carbons (Fsp3) is 0.435. The first-order chi connectivity index (χ1) is 15.8. The summed E-state index contributed by atoms with van der Waals surface area (Å²) < 4.78 is 46.0. The highest BCUT2D eigenvalue weighted by Gasteiger charge is 2.36. The Hall–Kier alpha value is -2.36. The van der Waals surface area contributed by atoms with Crippen LogP contribution in [0.1, 0.15) is 12.8 Å². The number of amides is 1. The summed E-state index contributed by atoms with van der Waals surface area (Å²) in [4.78, 5) is 17.2. The zero-order valence-corrected chi connectivity index (χ0v) is 20.0. The Labute approximate surface area is 198 Å². The van der Waals surface area contributed by atoms with Crippen LogP contribution in [0.15, 0.2) is 47.4 Å². The quantitative estimate of drug-likeness (QED) is 0.637. The number of methoxy groups -OCH3 is 1. The van der Waals surface area contributed by atoms with Gasteiger partial charge < -0.3 is 14.5 Å². The number of nitrogens with zero attached hydrogens (tertiary/aromatic N) is 3. The van der Waals surface area contributed by atoms with E-state index in [0.29, 0.717) is 51.3 Å². The minimum Gasteiger partial charge on any atom is -0.495 e. The third-order valence-corrected chi connectivity index (χ3v) is 8.43. The molecule has 0 saturated carbocycles. The van der Waals surface area contributed by atoms with Crippen LogP contribution in [0, 0.1) is 11.7 Å². The summed E-state index contributed by atoms with van der Waals surface area (Å²) in [6, 6.07) is 10.7. The molecule has 2 fully saturated rings. The largest absolute Gasteiger partial charge is 0.495 e. The molecule has 0 bridgehead atoms. The van der Waals surface area contributed by atoms with Gasteiger partial charge in [-0.2, -0.15) is 4.31 Å². The second kappa shape index (κ2) is 9.87. The van der Waals surface area contributed by atoms with Crippen molar-refractivity contribution in [3.63, 3.8) is 0 Å². The lowest BCUT2D eigenvalue weighted by Crippen LogP contribution is -2.53. The van der Waals surface area contributed by atoms with Crippen molar-refractivity contribution < 1.29 is 22.3 Å². The number of carbonyl (C=O) groups excluding carboxylic acids is 1. The molecule has 7 nitrogen and oxygen atoms in total. The third-order valence-electron chi connectivity index (χ3n) is 6.28. The van der Waals surface area contributed by atoms with E-state index >= 15 is 0 Å². The molecule has 178 valence electrons. The van der Waals surface area contributed by atoms with Gasteiger partial charge in [0, 0.05) is 45.0 Å². The Kier molecular flexibility index (Phi) is 7.11. The van der Waals surface area contributed by atoms with Crippen LogP contribution in [0.25, 0.3) is 0 Å². The van der Waals surface area contributed by atoms with Gasteiger partial charge in [0.25, 0.3) is 0 Å². The maximum atomic E-state index is 13.2. The van der Waals surface area contributed by atoms with E-state index in [9.17, 15) is 17.6 Å². The molecule has 0 spiro atoms. The number of anilines is 1. The topological polar surface area (TPSA) is 70.2 Å². The second-order valence-electron chi connectivity index (χ2n) is 8.29. The van der Waals surface area contributed by atoms with Gasteiger partial charge in [0.15, 0.2) is 0 Å². The number of halogens is 2. The van der Waals surface area contributed by atoms with Gasteiger partial charge >= 0.3 is 0 Å². The monoisotopic (exact) mass is 495 g/mol. The van der Waals surface area contributed by atoms with E-state index in [2.05, 4.69) is 4.90 Å². The summed E-state index contributed by atoms with van der Waals surface area (Å²) >= 11 is 6.13. The predicted octanol–water partition coefficient (Wildman–Crippen LogP) is 3.24. The van der Waals surface area contributed by atoms with Gasteiger partial charge in [0.1, 0.15) is 11.6 Å². The fourth-order valence-corrected chi connectivity index (χ4v) is 6.29. The van der Waals surface area contributed by atoms with E-state index in [-0.39, 0.29) is 34.1 Å². The Morgan fingerprint density at radius 1 is 1.06 bits per heavy atom. The number of piperazine rings is 1. The van der Waals surface area contributed by atoms with Gasteiger partial charge in [0.2, 0.25) is 15.9 Å². The summed E-state index contributed by atoms with van der Waals surface area (Å²) in [6.45, 7) is 2.92. The number of rotatable bonds is 5. The highest BCUT2D eigenvalue weighted by molar-refractivity contribution is 7.89. The van der Waals surface area contributed by atoms with Crippen molar-refractivity contribution in [2.24, 2.45) is 5.92 Å². The molecule has 1 amide bonds. The Morgan fingerprint density at radius 2 is 1.76 bits per heavy atom. The zero-order chi connectivity index (χ0) is 23.6. The van der Waals surface area contributed by atoms with Crippen LogP contribution in [0.3, 0.4) is 0 Å². The van der Waals surface area contributed by atoms with Crippen LogP contribution in [-0.2, 0) is 14.8 Å². The van der Waals surface area contributed by atoms with Gasteiger partial charge in [-0.05, 0) is 55.3 Å². The Morgan fingerprint density at radius 3 is 2.39 bits per heavy atom. The molecule has 10 heteroatoms. The number of hydrogen-bond donors (Lipinski definition) is 0. The van der Waals surface area contributed by atoms with Crippen molar-refractivity contribution in [3.05, 3.63) is 53.3 Å². The van der Waals surface area contributed by atoms with Crippen molar-refractivity contribution >= 4 is 33.2 Å². The van der Waals surface area contributed by atoms with E-state index in [1.807, 2.05) is 4.90 Å². The van der Waals surface area contributed by atoms with Crippen molar-refractivity contribution in [2.45, 2.75) is 17.7 Å². The predicted molar refractivity (Wildman–Crippen MR) is 125 cm³/mol. The van der Waals surface area contributed by atoms with Crippen molar-refractivity contribution in [1.29, 1.82) is 0 Å². The molecule has 0 aliphatic carbocycles. The highest BCUT2D eigenvalue weighted by atomic mass is 35.5. The molecule has 2 aromatic rings. The molecule has 2 saturated heterocycles. The lowest BCUT2D eigenvalue weighted by atomic mass is 9.97. The van der Waals surface area contributed by atoms with E-state index in [4.69, 9.17) is 16.3 Å². The number of carbonyl (C=O) groups is 1. The number of ether oxygens (including phenoxy) is 1. The van der Waals surface area contributed by atoms with E-state index in [1.54, 1.807) is 12.1 Å². The first-order valence-corrected chi connectivity index (χ1v) is 12.7. The van der Waals surface area contributed by atoms with Crippen LogP contribution in [-0.4, -0.2) is 69.9 Å². The summed E-state index contributed by atoms with van der Waals surface area (Å²) in [5, 5.41) is 0.224. The Balaban J connectivity index is 1.39. The van der Waals surface area contributed by atoms with Crippen LogP contribution in [0.5, 0.6) is 5.75 Å². The molecule has 4 rings (SSSR count). The average molecular weight is 496 g/mol. The summed E-state index contributed by atoms with van der Waals surface area (Å²) in [5.41, 5.74) is 0.927. The van der Waals surface area contributed by atoms with Crippen molar-refractivity contribution in [3.8, 4) is 5.75 Å². The molecule has 0 N–H and O–H groups in total. The first-order valence-electron chi connectivity index (χ1n) is 10.9. The molecular weight excluding hydrogens is 469 g/mol. The van der Waals surface area contributed by atoms with Crippen molar-refractivity contribution in [1.82, 2.24) is 9.21 Å². The maximum absolute atomic E-state index is 13.2. The molecule has 2 aromatic carbocycles. The molecule has 2 aliphatic heterocycles. The third kappa shape index (κ3) is 5.10. The second-order valence-corrected chi connectivity index (χ2v) is 10.6.